The Kier molecular flexibility index (Phi) is 5.52. The van der Waals surface area contributed by atoms with Gasteiger partial charge in [-0.1, -0.05) is 42.0 Å². The molecule has 1 aromatic carbocycles. The quantitative estimate of drug-likeness (QED) is 0.853. The van der Waals surface area contributed by atoms with Crippen molar-refractivity contribution in [3.8, 4) is 0 Å². The summed E-state index contributed by atoms with van der Waals surface area (Å²) >= 11 is 7.20. The van der Waals surface area contributed by atoms with E-state index in [1.54, 1.807) is 6.07 Å². The van der Waals surface area contributed by atoms with E-state index in [1.165, 1.54) is 11.3 Å². The summed E-state index contributed by atoms with van der Waals surface area (Å²) in [6.07, 6.45) is 0.993. The minimum absolute atomic E-state index is 0.146. The zero-order valence-corrected chi connectivity index (χ0v) is 13.5. The van der Waals surface area contributed by atoms with Crippen LogP contribution in [0.4, 0.5) is 5.13 Å². The van der Waals surface area contributed by atoms with Gasteiger partial charge in [0.1, 0.15) is 0 Å². The second kappa shape index (κ2) is 7.38. The van der Waals surface area contributed by atoms with E-state index in [4.69, 9.17) is 11.6 Å². The Bertz CT molecular complexity index is 617. The van der Waals surface area contributed by atoms with Gasteiger partial charge >= 0.3 is 0 Å². The van der Waals surface area contributed by atoms with Crippen molar-refractivity contribution >= 4 is 34.0 Å². The highest BCUT2D eigenvalue weighted by atomic mass is 35.5. The average molecular weight is 325 g/mol. The Hall–Kier alpha value is -1.66. The number of carbonyl (C=O) groups is 1. The van der Waals surface area contributed by atoms with Crippen LogP contribution in [-0.2, 0) is 0 Å². The first-order valence-electron chi connectivity index (χ1n) is 6.74. The van der Waals surface area contributed by atoms with Gasteiger partial charge in [-0.05, 0) is 31.0 Å². The fraction of sp³-hybridized carbons (Fsp3) is 0.357. The molecule has 0 saturated heterocycles. The molecule has 1 amide bonds. The Morgan fingerprint density at radius 3 is 2.95 bits per heavy atom. The van der Waals surface area contributed by atoms with Crippen LogP contribution in [0.5, 0.6) is 0 Å². The molecule has 0 aliphatic carbocycles. The van der Waals surface area contributed by atoms with Gasteiger partial charge < -0.3 is 10.6 Å². The lowest BCUT2D eigenvalue weighted by atomic mass is 10.1. The van der Waals surface area contributed by atoms with Gasteiger partial charge in [-0.2, -0.15) is 0 Å². The van der Waals surface area contributed by atoms with Gasteiger partial charge in [-0.25, -0.2) is 0 Å². The third-order valence-electron chi connectivity index (χ3n) is 2.84. The van der Waals surface area contributed by atoms with E-state index < -0.39 is 0 Å². The summed E-state index contributed by atoms with van der Waals surface area (Å²) in [7, 11) is 0. The molecule has 0 saturated carbocycles. The largest absolute Gasteiger partial charge is 0.360 e. The Morgan fingerprint density at radius 2 is 2.24 bits per heavy atom. The van der Waals surface area contributed by atoms with Gasteiger partial charge in [0.2, 0.25) is 10.1 Å². The van der Waals surface area contributed by atoms with Crippen LogP contribution in [-0.4, -0.2) is 22.6 Å². The Balaban J connectivity index is 1.99. The summed E-state index contributed by atoms with van der Waals surface area (Å²) in [5, 5.41) is 15.5. The number of aromatic nitrogens is 2. The lowest BCUT2D eigenvalue weighted by Gasteiger charge is -2.13. The van der Waals surface area contributed by atoms with E-state index in [0.29, 0.717) is 15.2 Å². The predicted octanol–water partition coefficient (Wildman–Crippen LogP) is 3.50. The van der Waals surface area contributed by atoms with E-state index in [1.807, 2.05) is 25.1 Å². The molecule has 1 atom stereocenters. The van der Waals surface area contributed by atoms with Crippen LogP contribution in [0, 0.1) is 0 Å². The molecule has 1 aromatic heterocycles. The first-order valence-corrected chi connectivity index (χ1v) is 7.93. The second-order valence-corrected chi connectivity index (χ2v) is 6.00. The van der Waals surface area contributed by atoms with Crippen LogP contribution in [0.3, 0.4) is 0 Å². The molecule has 5 nitrogen and oxygen atoms in total. The predicted molar refractivity (Wildman–Crippen MR) is 86.0 cm³/mol. The van der Waals surface area contributed by atoms with Crippen molar-refractivity contribution in [3.05, 3.63) is 39.9 Å². The molecule has 21 heavy (non-hydrogen) atoms. The monoisotopic (exact) mass is 324 g/mol. The van der Waals surface area contributed by atoms with Crippen molar-refractivity contribution in [1.29, 1.82) is 0 Å². The van der Waals surface area contributed by atoms with Gasteiger partial charge in [-0.3, -0.25) is 4.79 Å². The molecule has 1 heterocycles. The third-order valence-corrected chi connectivity index (χ3v) is 3.96. The molecule has 0 radical (unpaired) electrons. The molecule has 2 aromatic rings. The number of benzene rings is 1. The number of hydrogen-bond donors (Lipinski definition) is 2. The van der Waals surface area contributed by atoms with E-state index in [2.05, 4.69) is 27.8 Å². The van der Waals surface area contributed by atoms with E-state index in [0.717, 1.165) is 18.5 Å². The maximum atomic E-state index is 12.1. The SMILES string of the molecule is CCCNc1nnc(C(=O)NC(C)c2cccc(Cl)c2)s1. The molecule has 2 rings (SSSR count). The smallest absolute Gasteiger partial charge is 0.282 e. The van der Waals surface area contributed by atoms with Crippen molar-refractivity contribution in [2.75, 3.05) is 11.9 Å². The fourth-order valence-electron chi connectivity index (χ4n) is 1.74. The lowest BCUT2D eigenvalue weighted by Crippen LogP contribution is -2.26. The summed E-state index contributed by atoms with van der Waals surface area (Å²) in [5.41, 5.74) is 0.949. The van der Waals surface area contributed by atoms with Gasteiger partial charge in [0.15, 0.2) is 0 Å². The molecule has 112 valence electrons. The molecule has 0 fully saturated rings. The van der Waals surface area contributed by atoms with E-state index in [-0.39, 0.29) is 11.9 Å². The van der Waals surface area contributed by atoms with Crippen molar-refractivity contribution in [2.24, 2.45) is 0 Å². The van der Waals surface area contributed by atoms with Gasteiger partial charge in [0.25, 0.3) is 5.91 Å². The first-order chi connectivity index (χ1) is 10.1. The molecular formula is C14H17ClN4OS. The molecular weight excluding hydrogens is 308 g/mol. The number of carbonyl (C=O) groups excluding carboxylic acids is 1. The molecule has 7 heteroatoms. The highest BCUT2D eigenvalue weighted by molar-refractivity contribution is 7.17. The molecule has 0 aliphatic heterocycles. The highest BCUT2D eigenvalue weighted by Crippen LogP contribution is 2.19. The van der Waals surface area contributed by atoms with Gasteiger partial charge in [0, 0.05) is 11.6 Å². The first kappa shape index (κ1) is 15.7. The summed E-state index contributed by atoms with van der Waals surface area (Å²) in [6, 6.07) is 7.27. The highest BCUT2D eigenvalue weighted by Gasteiger charge is 2.16. The second-order valence-electron chi connectivity index (χ2n) is 4.59. The van der Waals surface area contributed by atoms with Crippen molar-refractivity contribution < 1.29 is 4.79 Å². The minimum Gasteiger partial charge on any atom is -0.360 e. The molecule has 1 unspecified atom stereocenters. The van der Waals surface area contributed by atoms with E-state index >= 15 is 0 Å². The van der Waals surface area contributed by atoms with Crippen molar-refractivity contribution in [2.45, 2.75) is 26.3 Å². The Morgan fingerprint density at radius 1 is 1.43 bits per heavy atom. The van der Waals surface area contributed by atoms with Crippen LogP contribution in [0.25, 0.3) is 0 Å². The van der Waals surface area contributed by atoms with Crippen LogP contribution in [0.15, 0.2) is 24.3 Å². The minimum atomic E-state index is -0.232. The topological polar surface area (TPSA) is 66.9 Å². The number of nitrogens with one attached hydrogen (secondary N) is 2. The van der Waals surface area contributed by atoms with Crippen LogP contribution in [0.1, 0.15) is 41.7 Å². The van der Waals surface area contributed by atoms with Gasteiger partial charge in [0.05, 0.1) is 6.04 Å². The zero-order valence-electron chi connectivity index (χ0n) is 11.9. The van der Waals surface area contributed by atoms with Crippen LogP contribution >= 0.6 is 22.9 Å². The molecule has 0 aliphatic rings. The molecule has 0 spiro atoms. The number of amides is 1. The number of rotatable bonds is 6. The number of halogens is 1. The van der Waals surface area contributed by atoms with Crippen molar-refractivity contribution in [1.82, 2.24) is 15.5 Å². The molecule has 0 bridgehead atoms. The average Bonchev–Trinajstić information content (AvgIpc) is 2.94. The fourth-order valence-corrected chi connectivity index (χ4v) is 2.61. The summed E-state index contributed by atoms with van der Waals surface area (Å²) < 4.78 is 0. The summed E-state index contributed by atoms with van der Waals surface area (Å²) in [4.78, 5) is 12.1. The lowest BCUT2D eigenvalue weighted by molar-refractivity contribution is 0.0939. The standard InChI is InChI=1S/C14H17ClN4OS/c1-3-7-16-14-19-18-13(21-14)12(20)17-9(2)10-5-4-6-11(15)8-10/h4-6,8-9H,3,7H2,1-2H3,(H,16,19)(H,17,20). The zero-order chi connectivity index (χ0) is 15.2. The normalized spacial score (nSPS) is 12.0. The van der Waals surface area contributed by atoms with Crippen molar-refractivity contribution in [3.63, 3.8) is 0 Å². The summed E-state index contributed by atoms with van der Waals surface area (Å²) in [5.74, 6) is -0.232. The van der Waals surface area contributed by atoms with Crippen LogP contribution < -0.4 is 10.6 Å². The van der Waals surface area contributed by atoms with E-state index in [9.17, 15) is 4.79 Å². The number of anilines is 1. The number of hydrogen-bond acceptors (Lipinski definition) is 5. The third kappa shape index (κ3) is 4.41. The maximum absolute atomic E-state index is 12.1. The van der Waals surface area contributed by atoms with Crippen LogP contribution in [0.2, 0.25) is 5.02 Å². The Labute approximate surface area is 132 Å². The maximum Gasteiger partial charge on any atom is 0.282 e. The van der Waals surface area contributed by atoms with Gasteiger partial charge in [-0.15, -0.1) is 10.2 Å². The summed E-state index contributed by atoms with van der Waals surface area (Å²) in [6.45, 7) is 4.78. The molecule has 2 N–H and O–H groups in total. The number of nitrogens with zero attached hydrogens (tertiary/aromatic N) is 2.